The van der Waals surface area contributed by atoms with Crippen LogP contribution in [0.3, 0.4) is 0 Å². The van der Waals surface area contributed by atoms with Crippen molar-refractivity contribution in [2.75, 3.05) is 0 Å². The molecule has 0 aromatic heterocycles. The van der Waals surface area contributed by atoms with Gasteiger partial charge in [-0.1, -0.05) is 13.8 Å². The summed E-state index contributed by atoms with van der Waals surface area (Å²) < 4.78 is 0. The van der Waals surface area contributed by atoms with Gasteiger partial charge < -0.3 is 5.21 Å². The first-order valence-electron chi connectivity index (χ1n) is 2.84. The van der Waals surface area contributed by atoms with E-state index in [-0.39, 0.29) is 0 Å². The van der Waals surface area contributed by atoms with Gasteiger partial charge in [-0.05, 0) is 11.8 Å². The predicted octanol–water partition coefficient (Wildman–Crippen LogP) is 1.49. The van der Waals surface area contributed by atoms with Crippen molar-refractivity contribution in [3.05, 3.63) is 0 Å². The molecule has 0 radical (unpaired) electrons. The molecule has 0 spiro atoms. The zero-order chi connectivity index (χ0) is 6.20. The molecule has 1 unspecified atom stereocenters. The van der Waals surface area contributed by atoms with Gasteiger partial charge in [0.05, 0.1) is 0 Å². The van der Waals surface area contributed by atoms with Crippen LogP contribution in [0, 0.1) is 11.3 Å². The minimum absolute atomic E-state index is 0.409. The molecule has 0 bridgehead atoms. The molecule has 0 amide bonds. The highest BCUT2D eigenvalue weighted by atomic mass is 16.4. The van der Waals surface area contributed by atoms with Crippen LogP contribution in [0.5, 0.6) is 0 Å². The summed E-state index contributed by atoms with van der Waals surface area (Å²) in [6, 6.07) is 0. The standard InChI is InChI=1S/C6H11NO/c1-6(2)3-5(6)4-7-8/h4-5,8H,3H2,1-2H3/b7-4-. The van der Waals surface area contributed by atoms with E-state index in [9.17, 15) is 0 Å². The van der Waals surface area contributed by atoms with Crippen molar-refractivity contribution in [3.8, 4) is 0 Å². The largest absolute Gasteiger partial charge is 0.411 e. The van der Waals surface area contributed by atoms with E-state index in [4.69, 9.17) is 5.21 Å². The van der Waals surface area contributed by atoms with E-state index in [1.165, 1.54) is 0 Å². The quantitative estimate of drug-likeness (QED) is 0.312. The van der Waals surface area contributed by atoms with Crippen molar-refractivity contribution < 1.29 is 5.21 Å². The molecule has 1 atom stereocenters. The second-order valence-electron chi connectivity index (χ2n) is 3.06. The van der Waals surface area contributed by atoms with Crippen LogP contribution >= 0.6 is 0 Å². The Morgan fingerprint density at radius 2 is 2.25 bits per heavy atom. The summed E-state index contributed by atoms with van der Waals surface area (Å²) in [5.74, 6) is 0.521. The van der Waals surface area contributed by atoms with Crippen molar-refractivity contribution in [1.82, 2.24) is 0 Å². The molecular formula is C6H11NO. The monoisotopic (exact) mass is 113 g/mol. The van der Waals surface area contributed by atoms with Gasteiger partial charge in [0.15, 0.2) is 0 Å². The number of hydrogen-bond donors (Lipinski definition) is 1. The SMILES string of the molecule is CC1(C)CC1/C=N\O. The van der Waals surface area contributed by atoms with Crippen molar-refractivity contribution in [3.63, 3.8) is 0 Å². The summed E-state index contributed by atoms with van der Waals surface area (Å²) in [7, 11) is 0. The molecule has 1 aliphatic rings. The molecule has 1 fully saturated rings. The fraction of sp³-hybridized carbons (Fsp3) is 0.833. The fourth-order valence-electron chi connectivity index (χ4n) is 0.843. The van der Waals surface area contributed by atoms with Gasteiger partial charge in [0, 0.05) is 12.1 Å². The maximum absolute atomic E-state index is 8.08. The Balaban J connectivity index is 2.37. The smallest absolute Gasteiger partial charge is 0.0472 e. The topological polar surface area (TPSA) is 32.6 Å². The third-order valence-corrected chi connectivity index (χ3v) is 1.84. The summed E-state index contributed by atoms with van der Waals surface area (Å²) >= 11 is 0. The van der Waals surface area contributed by atoms with E-state index >= 15 is 0 Å². The van der Waals surface area contributed by atoms with Gasteiger partial charge in [0.1, 0.15) is 0 Å². The lowest BCUT2D eigenvalue weighted by molar-refractivity contribution is 0.319. The van der Waals surface area contributed by atoms with Crippen LogP contribution < -0.4 is 0 Å². The summed E-state index contributed by atoms with van der Waals surface area (Å²) in [5.41, 5.74) is 0.409. The molecular weight excluding hydrogens is 102 g/mol. The summed E-state index contributed by atoms with van der Waals surface area (Å²) in [6.45, 7) is 4.33. The molecule has 46 valence electrons. The summed E-state index contributed by atoms with van der Waals surface area (Å²) in [4.78, 5) is 0. The van der Waals surface area contributed by atoms with E-state index in [2.05, 4.69) is 19.0 Å². The maximum atomic E-state index is 8.08. The Morgan fingerprint density at radius 3 is 2.38 bits per heavy atom. The highest BCUT2D eigenvalue weighted by Crippen LogP contribution is 2.50. The fourth-order valence-corrected chi connectivity index (χ4v) is 0.843. The molecule has 2 heteroatoms. The van der Waals surface area contributed by atoms with E-state index < -0.39 is 0 Å². The van der Waals surface area contributed by atoms with Gasteiger partial charge in [0.2, 0.25) is 0 Å². The number of hydrogen-bond acceptors (Lipinski definition) is 2. The van der Waals surface area contributed by atoms with Crippen LogP contribution in [0.1, 0.15) is 20.3 Å². The van der Waals surface area contributed by atoms with Gasteiger partial charge in [0.25, 0.3) is 0 Å². The molecule has 2 nitrogen and oxygen atoms in total. The van der Waals surface area contributed by atoms with Crippen LogP contribution in [-0.4, -0.2) is 11.4 Å². The van der Waals surface area contributed by atoms with E-state index in [0.717, 1.165) is 6.42 Å². The van der Waals surface area contributed by atoms with Gasteiger partial charge in [-0.3, -0.25) is 0 Å². The molecule has 0 heterocycles. The van der Waals surface area contributed by atoms with Gasteiger partial charge >= 0.3 is 0 Å². The lowest BCUT2D eigenvalue weighted by Crippen LogP contribution is -1.89. The first-order chi connectivity index (χ1) is 3.67. The molecule has 0 aromatic rings. The van der Waals surface area contributed by atoms with Crippen molar-refractivity contribution in [1.29, 1.82) is 0 Å². The van der Waals surface area contributed by atoms with E-state index in [1.807, 2.05) is 0 Å². The first-order valence-corrected chi connectivity index (χ1v) is 2.84. The highest BCUT2D eigenvalue weighted by molar-refractivity contribution is 5.65. The maximum Gasteiger partial charge on any atom is 0.0472 e. The Kier molecular flexibility index (Phi) is 1.03. The molecule has 0 aliphatic heterocycles. The Morgan fingerprint density at radius 1 is 1.75 bits per heavy atom. The molecule has 1 N–H and O–H groups in total. The second kappa shape index (κ2) is 1.47. The van der Waals surface area contributed by atoms with Crippen LogP contribution in [0.2, 0.25) is 0 Å². The lowest BCUT2D eigenvalue weighted by Gasteiger charge is -1.92. The number of oxime groups is 1. The zero-order valence-electron chi connectivity index (χ0n) is 5.26. The Bertz CT molecular complexity index is 118. The molecule has 1 saturated carbocycles. The molecule has 0 saturated heterocycles. The van der Waals surface area contributed by atoms with E-state index in [1.54, 1.807) is 6.21 Å². The van der Waals surface area contributed by atoms with E-state index in [0.29, 0.717) is 11.3 Å². The van der Waals surface area contributed by atoms with Crippen molar-refractivity contribution in [2.45, 2.75) is 20.3 Å². The van der Waals surface area contributed by atoms with Gasteiger partial charge in [-0.15, -0.1) is 5.16 Å². The summed E-state index contributed by atoms with van der Waals surface area (Å²) in [5, 5.41) is 11.0. The van der Waals surface area contributed by atoms with Crippen LogP contribution in [0.4, 0.5) is 0 Å². The van der Waals surface area contributed by atoms with Gasteiger partial charge in [-0.25, -0.2) is 0 Å². The first kappa shape index (κ1) is 5.60. The normalized spacial score (nSPS) is 33.5. The minimum Gasteiger partial charge on any atom is -0.411 e. The number of rotatable bonds is 1. The molecule has 1 aliphatic carbocycles. The highest BCUT2D eigenvalue weighted by Gasteiger charge is 2.44. The summed E-state index contributed by atoms with van der Waals surface area (Å²) in [6.07, 6.45) is 2.77. The Labute approximate surface area is 49.2 Å². The third-order valence-electron chi connectivity index (χ3n) is 1.84. The molecule has 8 heavy (non-hydrogen) atoms. The van der Waals surface area contributed by atoms with Crippen molar-refractivity contribution >= 4 is 6.21 Å². The minimum atomic E-state index is 0.409. The zero-order valence-corrected chi connectivity index (χ0v) is 5.26. The molecule has 0 aromatic carbocycles. The lowest BCUT2D eigenvalue weighted by atomic mass is 10.1. The Hall–Kier alpha value is -0.530. The third kappa shape index (κ3) is 0.831. The van der Waals surface area contributed by atoms with Crippen LogP contribution in [-0.2, 0) is 0 Å². The average molecular weight is 113 g/mol. The average Bonchev–Trinajstić information content (AvgIpc) is 2.15. The van der Waals surface area contributed by atoms with Crippen LogP contribution in [0.25, 0.3) is 0 Å². The second-order valence-corrected chi connectivity index (χ2v) is 3.06. The molecule has 1 rings (SSSR count). The van der Waals surface area contributed by atoms with Gasteiger partial charge in [-0.2, -0.15) is 0 Å². The van der Waals surface area contributed by atoms with Crippen molar-refractivity contribution in [2.24, 2.45) is 16.5 Å². The predicted molar refractivity (Wildman–Crippen MR) is 32.2 cm³/mol. The number of nitrogens with zero attached hydrogens (tertiary/aromatic N) is 1. The van der Waals surface area contributed by atoms with Crippen LogP contribution in [0.15, 0.2) is 5.16 Å².